The number of piperidine rings is 1. The summed E-state index contributed by atoms with van der Waals surface area (Å²) in [5, 5.41) is 0. The Morgan fingerprint density at radius 1 is 0.892 bits per heavy atom. The summed E-state index contributed by atoms with van der Waals surface area (Å²) < 4.78 is 12.2. The first-order chi connectivity index (χ1) is 18.2. The highest BCUT2D eigenvalue weighted by Crippen LogP contribution is 2.35. The van der Waals surface area contributed by atoms with Crippen molar-refractivity contribution in [1.29, 1.82) is 0 Å². The molecule has 3 aliphatic rings. The number of rotatable bonds is 6. The molecule has 1 aliphatic carbocycles. The fourth-order valence-electron chi connectivity index (χ4n) is 6.06. The molecule has 0 bridgehead atoms. The minimum atomic E-state index is 0.202. The summed E-state index contributed by atoms with van der Waals surface area (Å²) in [6, 6.07) is 6.40. The summed E-state index contributed by atoms with van der Waals surface area (Å²) in [6.07, 6.45) is 13.4. The van der Waals surface area contributed by atoms with Gasteiger partial charge in [0, 0.05) is 61.5 Å². The van der Waals surface area contributed by atoms with Gasteiger partial charge in [-0.2, -0.15) is 0 Å². The standard InChI is InChI=1S/C29H38N6O2/c1-34-12-7-22(8-13-34)25-6-9-31-28(33-25)18-21-2-4-24(5-3-21)37-27-20-23(35-14-16-36-17-15-35)19-26-29(27)32-11-10-30-26/h6,9-11,19-22,24H,2-5,7-8,12-18H2,1H3. The SMILES string of the molecule is CN1CCC(c2ccnc(CC3CCC(Oc4cc(N5CCOCC5)cc5nccnc45)CC3)n2)CC1. The Bertz CT molecular complexity index is 1180. The van der Waals surface area contributed by atoms with Crippen LogP contribution < -0.4 is 9.64 Å². The molecule has 8 nitrogen and oxygen atoms in total. The Kier molecular flexibility index (Phi) is 7.46. The Balaban J connectivity index is 1.08. The van der Waals surface area contributed by atoms with Gasteiger partial charge in [0.1, 0.15) is 17.1 Å². The molecule has 0 radical (unpaired) electrons. The number of fused-ring (bicyclic) bond motifs is 1. The molecule has 6 rings (SSSR count). The highest BCUT2D eigenvalue weighted by molar-refractivity contribution is 5.85. The van der Waals surface area contributed by atoms with Gasteiger partial charge in [0.2, 0.25) is 0 Å². The lowest BCUT2D eigenvalue weighted by Gasteiger charge is -2.31. The summed E-state index contributed by atoms with van der Waals surface area (Å²) in [5.41, 5.74) is 4.11. The molecule has 4 heterocycles. The maximum Gasteiger partial charge on any atom is 0.149 e. The average molecular weight is 503 g/mol. The number of nitrogens with zero attached hydrogens (tertiary/aromatic N) is 6. The van der Waals surface area contributed by atoms with Crippen LogP contribution in [0.25, 0.3) is 11.0 Å². The minimum Gasteiger partial charge on any atom is -0.488 e. The molecule has 2 saturated heterocycles. The van der Waals surface area contributed by atoms with E-state index in [-0.39, 0.29) is 6.10 Å². The van der Waals surface area contributed by atoms with E-state index in [2.05, 4.69) is 50.0 Å². The van der Waals surface area contributed by atoms with E-state index in [1.807, 2.05) is 6.20 Å². The van der Waals surface area contributed by atoms with Gasteiger partial charge < -0.3 is 19.3 Å². The van der Waals surface area contributed by atoms with Crippen LogP contribution in [0.5, 0.6) is 5.75 Å². The maximum absolute atomic E-state index is 6.61. The van der Waals surface area contributed by atoms with Crippen LogP contribution in [0.4, 0.5) is 5.69 Å². The van der Waals surface area contributed by atoms with Gasteiger partial charge in [-0.3, -0.25) is 4.98 Å². The first-order valence-electron chi connectivity index (χ1n) is 14.0. The monoisotopic (exact) mass is 502 g/mol. The minimum absolute atomic E-state index is 0.202. The van der Waals surface area contributed by atoms with E-state index in [1.165, 1.54) is 18.5 Å². The van der Waals surface area contributed by atoms with Gasteiger partial charge in [-0.15, -0.1) is 0 Å². The largest absolute Gasteiger partial charge is 0.488 e. The van der Waals surface area contributed by atoms with Crippen LogP contribution in [-0.2, 0) is 11.2 Å². The Morgan fingerprint density at radius 3 is 2.49 bits per heavy atom. The second kappa shape index (κ2) is 11.3. The zero-order valence-electron chi connectivity index (χ0n) is 21.9. The molecule has 8 heteroatoms. The highest BCUT2D eigenvalue weighted by Gasteiger charge is 2.26. The zero-order chi connectivity index (χ0) is 25.0. The van der Waals surface area contributed by atoms with Gasteiger partial charge >= 0.3 is 0 Å². The van der Waals surface area contributed by atoms with Crippen molar-refractivity contribution in [3.8, 4) is 5.75 Å². The first kappa shape index (κ1) is 24.5. The molecule has 3 aromatic rings. The third-order valence-electron chi connectivity index (χ3n) is 8.32. The lowest BCUT2D eigenvalue weighted by molar-refractivity contribution is 0.122. The van der Waals surface area contributed by atoms with Gasteiger partial charge in [0.15, 0.2) is 0 Å². The van der Waals surface area contributed by atoms with Crippen molar-refractivity contribution in [2.75, 3.05) is 51.3 Å². The fourth-order valence-corrected chi connectivity index (χ4v) is 6.06. The molecule has 0 atom stereocenters. The van der Waals surface area contributed by atoms with Crippen LogP contribution in [-0.4, -0.2) is 77.4 Å². The summed E-state index contributed by atoms with van der Waals surface area (Å²) in [4.78, 5) is 23.6. The molecule has 0 amide bonds. The molecular formula is C29H38N6O2. The number of morpholine rings is 1. The van der Waals surface area contributed by atoms with Gasteiger partial charge in [0.25, 0.3) is 0 Å². The van der Waals surface area contributed by atoms with Gasteiger partial charge in [-0.1, -0.05) is 0 Å². The summed E-state index contributed by atoms with van der Waals surface area (Å²) in [7, 11) is 2.21. The van der Waals surface area contributed by atoms with Crippen LogP contribution >= 0.6 is 0 Å². The number of hydrogen-bond donors (Lipinski definition) is 0. The molecule has 1 saturated carbocycles. The number of ether oxygens (including phenoxy) is 2. The topological polar surface area (TPSA) is 76.5 Å². The van der Waals surface area contributed by atoms with E-state index in [4.69, 9.17) is 14.5 Å². The molecule has 2 aliphatic heterocycles. The molecule has 0 N–H and O–H groups in total. The molecule has 196 valence electrons. The van der Waals surface area contributed by atoms with Crippen molar-refractivity contribution in [2.24, 2.45) is 5.92 Å². The fraction of sp³-hybridized carbons (Fsp3) is 0.586. The molecule has 1 aromatic carbocycles. The van der Waals surface area contributed by atoms with Crippen LogP contribution in [0.2, 0.25) is 0 Å². The summed E-state index contributed by atoms with van der Waals surface area (Å²) in [5.74, 6) is 3.06. The van der Waals surface area contributed by atoms with Gasteiger partial charge in [-0.05, 0) is 76.7 Å². The van der Waals surface area contributed by atoms with E-state index in [0.717, 1.165) is 99.8 Å². The van der Waals surface area contributed by atoms with Crippen LogP contribution in [0, 0.1) is 5.92 Å². The van der Waals surface area contributed by atoms with Crippen molar-refractivity contribution in [2.45, 2.75) is 57.0 Å². The number of anilines is 1. The van der Waals surface area contributed by atoms with E-state index in [9.17, 15) is 0 Å². The van der Waals surface area contributed by atoms with Crippen molar-refractivity contribution >= 4 is 16.7 Å². The molecule has 0 spiro atoms. The maximum atomic E-state index is 6.61. The predicted molar refractivity (Wildman–Crippen MR) is 144 cm³/mol. The second-order valence-corrected chi connectivity index (χ2v) is 10.9. The Labute approximate surface area is 219 Å². The molecule has 2 aromatic heterocycles. The molecule has 0 unspecified atom stereocenters. The van der Waals surface area contributed by atoms with E-state index >= 15 is 0 Å². The van der Waals surface area contributed by atoms with Gasteiger partial charge in [-0.25, -0.2) is 15.0 Å². The zero-order valence-corrected chi connectivity index (χ0v) is 21.9. The summed E-state index contributed by atoms with van der Waals surface area (Å²) >= 11 is 0. The third kappa shape index (κ3) is 5.85. The molecule has 3 fully saturated rings. The number of hydrogen-bond acceptors (Lipinski definition) is 8. The van der Waals surface area contributed by atoms with Crippen molar-refractivity contribution < 1.29 is 9.47 Å². The number of likely N-dealkylation sites (tertiary alicyclic amines) is 1. The van der Waals surface area contributed by atoms with E-state index in [1.54, 1.807) is 12.4 Å². The predicted octanol–water partition coefficient (Wildman–Crippen LogP) is 4.25. The molecule has 37 heavy (non-hydrogen) atoms. The van der Waals surface area contributed by atoms with Crippen molar-refractivity contribution in [3.63, 3.8) is 0 Å². The third-order valence-corrected chi connectivity index (χ3v) is 8.32. The second-order valence-electron chi connectivity index (χ2n) is 10.9. The quantitative estimate of drug-likeness (QED) is 0.495. The Morgan fingerprint density at radius 2 is 1.68 bits per heavy atom. The smallest absolute Gasteiger partial charge is 0.149 e. The van der Waals surface area contributed by atoms with Crippen molar-refractivity contribution in [3.05, 3.63) is 48.3 Å². The normalized spacial score (nSPS) is 23.9. The highest BCUT2D eigenvalue weighted by atomic mass is 16.5. The van der Waals surface area contributed by atoms with E-state index in [0.29, 0.717) is 11.8 Å². The lowest BCUT2D eigenvalue weighted by Crippen LogP contribution is -2.36. The van der Waals surface area contributed by atoms with Gasteiger partial charge in [0.05, 0.1) is 24.8 Å². The summed E-state index contributed by atoms with van der Waals surface area (Å²) in [6.45, 7) is 5.59. The van der Waals surface area contributed by atoms with Crippen LogP contribution in [0.15, 0.2) is 36.8 Å². The Hall–Kier alpha value is -2.84. The van der Waals surface area contributed by atoms with Crippen molar-refractivity contribution in [1.82, 2.24) is 24.8 Å². The number of aromatic nitrogens is 4. The average Bonchev–Trinajstić information content (AvgIpc) is 2.95. The van der Waals surface area contributed by atoms with Crippen LogP contribution in [0.3, 0.4) is 0 Å². The lowest BCUT2D eigenvalue weighted by atomic mass is 9.85. The number of benzene rings is 1. The van der Waals surface area contributed by atoms with E-state index < -0.39 is 0 Å². The molecular weight excluding hydrogens is 464 g/mol. The van der Waals surface area contributed by atoms with Crippen LogP contribution in [0.1, 0.15) is 56.0 Å². The first-order valence-corrected chi connectivity index (χ1v) is 14.0.